The van der Waals surface area contributed by atoms with E-state index in [2.05, 4.69) is 16.1 Å². The first-order valence-corrected chi connectivity index (χ1v) is 5.73. The van der Waals surface area contributed by atoms with Gasteiger partial charge < -0.3 is 9.64 Å². The highest BCUT2D eigenvalue weighted by molar-refractivity contribution is 5.92. The monoisotopic (exact) mass is 242 g/mol. The molecule has 1 unspecified atom stereocenters. The molecule has 2 N–H and O–H groups in total. The average molecular weight is 242 g/mol. The third-order valence-electron chi connectivity index (χ3n) is 2.24. The molecule has 96 valence electrons. The van der Waals surface area contributed by atoms with Crippen LogP contribution in [-0.4, -0.2) is 38.2 Å². The van der Waals surface area contributed by atoms with Crippen molar-refractivity contribution in [2.45, 2.75) is 20.8 Å². The molecular weight excluding hydrogens is 222 g/mol. The molecule has 0 saturated heterocycles. The minimum Gasteiger partial charge on any atom is -0.450 e. The number of quaternary nitrogens is 1. The number of hydrogen-bond acceptors (Lipinski definition) is 4. The van der Waals surface area contributed by atoms with Gasteiger partial charge in [-0.05, 0) is 20.8 Å². The largest absolute Gasteiger partial charge is 0.450 e. The summed E-state index contributed by atoms with van der Waals surface area (Å²) in [6.45, 7) is 7.11. The van der Waals surface area contributed by atoms with Crippen LogP contribution in [0.25, 0.3) is 0 Å². The minimum atomic E-state index is -0.721. The first-order valence-electron chi connectivity index (χ1n) is 5.73. The van der Waals surface area contributed by atoms with E-state index in [0.717, 1.165) is 11.4 Å². The van der Waals surface area contributed by atoms with Crippen LogP contribution in [0.4, 0.5) is 4.79 Å². The van der Waals surface area contributed by atoms with Gasteiger partial charge >= 0.3 is 6.09 Å². The number of nitriles is 1. The minimum absolute atomic E-state index is 0.111. The summed E-state index contributed by atoms with van der Waals surface area (Å²) < 4.78 is 4.60. The normalized spacial score (nSPS) is 13.3. The lowest BCUT2D eigenvalue weighted by Gasteiger charge is -2.17. The molecule has 0 aromatic heterocycles. The zero-order chi connectivity index (χ0) is 13.3. The van der Waals surface area contributed by atoms with Crippen LogP contribution < -0.4 is 10.2 Å². The number of ether oxygens (including phenoxy) is 1. The topological polar surface area (TPSA) is 83.6 Å². The predicted octanol–water partition coefficient (Wildman–Crippen LogP) is -0.676. The van der Waals surface area contributed by atoms with Gasteiger partial charge in [0.1, 0.15) is 0 Å². The van der Waals surface area contributed by atoms with Crippen LogP contribution in [0.15, 0.2) is 0 Å². The van der Waals surface area contributed by atoms with Crippen molar-refractivity contribution in [2.24, 2.45) is 5.92 Å². The fraction of sp³-hybridized carbons (Fsp3) is 0.727. The maximum Gasteiger partial charge on any atom is 0.414 e. The second-order valence-electron chi connectivity index (χ2n) is 3.78. The summed E-state index contributed by atoms with van der Waals surface area (Å²) in [7, 11) is 0. The molecule has 6 heteroatoms. The van der Waals surface area contributed by atoms with Gasteiger partial charge in [0.2, 0.25) is 0 Å². The van der Waals surface area contributed by atoms with Gasteiger partial charge in [-0.2, -0.15) is 5.26 Å². The summed E-state index contributed by atoms with van der Waals surface area (Å²) in [6, 6.07) is 2.12. The maximum absolute atomic E-state index is 11.5. The maximum atomic E-state index is 11.5. The molecular formula is C11H20N3O3+. The lowest BCUT2D eigenvalue weighted by molar-refractivity contribution is -0.892. The molecule has 0 aliphatic rings. The Labute approximate surface area is 102 Å². The smallest absolute Gasteiger partial charge is 0.414 e. The van der Waals surface area contributed by atoms with Gasteiger partial charge in [-0.25, -0.2) is 4.79 Å². The molecule has 0 spiro atoms. The molecule has 0 aliphatic carbocycles. The highest BCUT2D eigenvalue weighted by Crippen LogP contribution is 1.84. The molecule has 0 aliphatic heterocycles. The van der Waals surface area contributed by atoms with Crippen LogP contribution >= 0.6 is 0 Å². The second-order valence-corrected chi connectivity index (χ2v) is 3.78. The van der Waals surface area contributed by atoms with Crippen LogP contribution in [0.2, 0.25) is 0 Å². The zero-order valence-corrected chi connectivity index (χ0v) is 10.6. The van der Waals surface area contributed by atoms with E-state index in [0.29, 0.717) is 6.54 Å². The van der Waals surface area contributed by atoms with Crippen LogP contribution in [0.5, 0.6) is 0 Å². The Morgan fingerprint density at radius 2 is 2.12 bits per heavy atom. The summed E-state index contributed by atoms with van der Waals surface area (Å²) in [5.41, 5.74) is 0. The van der Waals surface area contributed by atoms with Gasteiger partial charge in [-0.3, -0.25) is 10.1 Å². The van der Waals surface area contributed by atoms with Crippen molar-refractivity contribution < 1.29 is 19.2 Å². The number of nitrogens with one attached hydrogen (secondary N) is 2. The highest BCUT2D eigenvalue weighted by Gasteiger charge is 2.17. The van der Waals surface area contributed by atoms with Gasteiger partial charge in [0, 0.05) is 0 Å². The number of nitrogens with zero attached hydrogens (tertiary/aromatic N) is 1. The molecule has 6 nitrogen and oxygen atoms in total. The summed E-state index contributed by atoms with van der Waals surface area (Å²) in [4.78, 5) is 23.4. The molecule has 2 atom stereocenters. The molecule has 0 bridgehead atoms. The first kappa shape index (κ1) is 15.4. The van der Waals surface area contributed by atoms with Crippen LogP contribution in [0.3, 0.4) is 0 Å². The van der Waals surface area contributed by atoms with Gasteiger partial charge in [0.15, 0.2) is 6.54 Å². The third kappa shape index (κ3) is 7.30. The van der Waals surface area contributed by atoms with E-state index in [1.807, 2.05) is 6.92 Å². The molecule has 0 aromatic rings. The second kappa shape index (κ2) is 8.53. The fourth-order valence-corrected chi connectivity index (χ4v) is 1.37. The standard InChI is InChI=1S/C11H19N3O3/c1-4-14(7-9(3)6-12)8-10(15)13-11(16)17-5-2/h9H,4-5,7-8H2,1-3H3,(H,13,15,16)/p+1/t9-/m1/s1. The van der Waals surface area contributed by atoms with Crippen molar-refractivity contribution >= 4 is 12.0 Å². The average Bonchev–Trinajstić information content (AvgIpc) is 2.27. The summed E-state index contributed by atoms with van der Waals surface area (Å²) in [6.07, 6.45) is -0.721. The Morgan fingerprint density at radius 3 is 2.59 bits per heavy atom. The fourth-order valence-electron chi connectivity index (χ4n) is 1.37. The molecule has 0 fully saturated rings. The van der Waals surface area contributed by atoms with Crippen molar-refractivity contribution in [3.63, 3.8) is 0 Å². The Bertz CT molecular complexity index is 299. The molecule has 17 heavy (non-hydrogen) atoms. The van der Waals surface area contributed by atoms with E-state index >= 15 is 0 Å². The molecule has 2 amide bonds. The van der Waals surface area contributed by atoms with Crippen molar-refractivity contribution in [3.05, 3.63) is 0 Å². The number of amides is 2. The van der Waals surface area contributed by atoms with Crippen molar-refractivity contribution in [2.75, 3.05) is 26.2 Å². The Balaban J connectivity index is 4.07. The number of hydrogen-bond donors (Lipinski definition) is 2. The van der Waals surface area contributed by atoms with Crippen LogP contribution in [-0.2, 0) is 9.53 Å². The predicted molar refractivity (Wildman–Crippen MR) is 61.2 cm³/mol. The van der Waals surface area contributed by atoms with E-state index in [1.165, 1.54) is 0 Å². The number of rotatable bonds is 6. The number of alkyl carbamates (subject to hydrolysis) is 1. The molecule has 0 rings (SSSR count). The molecule has 0 radical (unpaired) electrons. The SMILES string of the molecule is CCOC(=O)NC(=O)C[NH+](CC)C[C@H](C)C#N. The van der Waals surface area contributed by atoms with Crippen LogP contribution in [0.1, 0.15) is 20.8 Å². The van der Waals surface area contributed by atoms with E-state index in [-0.39, 0.29) is 25.0 Å². The van der Waals surface area contributed by atoms with E-state index in [9.17, 15) is 9.59 Å². The van der Waals surface area contributed by atoms with Gasteiger partial charge in [0.05, 0.1) is 31.7 Å². The quantitative estimate of drug-likeness (QED) is 0.646. The van der Waals surface area contributed by atoms with E-state index in [4.69, 9.17) is 5.26 Å². The van der Waals surface area contributed by atoms with E-state index < -0.39 is 6.09 Å². The number of likely N-dealkylation sites (N-methyl/N-ethyl adjacent to an activating group) is 1. The van der Waals surface area contributed by atoms with Gasteiger partial charge in [-0.1, -0.05) is 0 Å². The number of imide groups is 1. The summed E-state index contributed by atoms with van der Waals surface area (Å²) >= 11 is 0. The Kier molecular flexibility index (Phi) is 7.72. The van der Waals surface area contributed by atoms with Crippen molar-refractivity contribution in [1.82, 2.24) is 5.32 Å². The van der Waals surface area contributed by atoms with Crippen molar-refractivity contribution in [3.8, 4) is 6.07 Å². The molecule has 0 saturated carbocycles. The lowest BCUT2D eigenvalue weighted by Crippen LogP contribution is -3.13. The molecule has 0 aromatic carbocycles. The lowest BCUT2D eigenvalue weighted by atomic mass is 10.2. The van der Waals surface area contributed by atoms with Crippen molar-refractivity contribution in [1.29, 1.82) is 5.26 Å². The van der Waals surface area contributed by atoms with Gasteiger partial charge in [0.25, 0.3) is 5.91 Å². The Hall–Kier alpha value is -1.61. The number of carbonyl (C=O) groups excluding carboxylic acids is 2. The zero-order valence-electron chi connectivity index (χ0n) is 10.6. The number of carbonyl (C=O) groups is 2. The molecule has 0 heterocycles. The third-order valence-corrected chi connectivity index (χ3v) is 2.24. The highest BCUT2D eigenvalue weighted by atomic mass is 16.5. The van der Waals surface area contributed by atoms with Gasteiger partial charge in [-0.15, -0.1) is 0 Å². The van der Waals surface area contributed by atoms with Crippen LogP contribution in [0, 0.1) is 17.2 Å². The Morgan fingerprint density at radius 1 is 1.47 bits per heavy atom. The summed E-state index contributed by atoms with van der Waals surface area (Å²) in [5, 5.41) is 10.8. The van der Waals surface area contributed by atoms with E-state index in [1.54, 1.807) is 13.8 Å². The first-order chi connectivity index (χ1) is 8.03. The summed E-state index contributed by atoms with van der Waals surface area (Å²) in [5.74, 6) is -0.495.